The van der Waals surface area contributed by atoms with Gasteiger partial charge < -0.3 is 46.5 Å². The van der Waals surface area contributed by atoms with E-state index in [1.807, 2.05) is 76.2 Å². The molecule has 6 bridgehead atoms. The molecule has 0 aliphatic carbocycles. The molecule has 16 heteroatoms. The number of carbonyl (C=O) groups is 3. The average Bonchev–Trinajstić information content (AvgIpc) is 4.07. The van der Waals surface area contributed by atoms with E-state index in [4.69, 9.17) is 20.4 Å². The largest absolute Gasteiger partial charge is 0.492 e. The van der Waals surface area contributed by atoms with Gasteiger partial charge in [0.1, 0.15) is 18.4 Å². The number of amides is 2. The first-order valence-corrected chi connectivity index (χ1v) is 22.6. The summed E-state index contributed by atoms with van der Waals surface area (Å²) >= 11 is 0. The van der Waals surface area contributed by atoms with E-state index in [9.17, 15) is 19.5 Å². The number of carboxylic acid groups (broad SMARTS) is 1. The number of aromatic amines is 3. The number of pyridine rings is 1. The highest BCUT2D eigenvalue weighted by molar-refractivity contribution is 5.93. The van der Waals surface area contributed by atoms with E-state index >= 15 is 0 Å². The fourth-order valence-corrected chi connectivity index (χ4v) is 7.83. The van der Waals surface area contributed by atoms with E-state index in [0.717, 1.165) is 61.1 Å². The van der Waals surface area contributed by atoms with Gasteiger partial charge in [0.05, 0.1) is 47.4 Å². The molecule has 0 radical (unpaired) electrons. The Labute approximate surface area is 389 Å². The number of nitrogens with two attached hydrogens (primary N) is 1. The molecular weight excluding hydrogens is 847 g/mol. The van der Waals surface area contributed by atoms with Crippen molar-refractivity contribution in [2.24, 2.45) is 5.73 Å². The summed E-state index contributed by atoms with van der Waals surface area (Å²) in [6, 6.07) is 20.8. The molecule has 6 aromatic rings. The van der Waals surface area contributed by atoms with Crippen LogP contribution in [-0.2, 0) is 27.3 Å². The Morgan fingerprint density at radius 3 is 2.33 bits per heavy atom. The van der Waals surface area contributed by atoms with Crippen molar-refractivity contribution < 1.29 is 24.2 Å². The highest BCUT2D eigenvalue weighted by Crippen LogP contribution is 2.33. The van der Waals surface area contributed by atoms with Gasteiger partial charge in [0.25, 0.3) is 0 Å². The first-order chi connectivity index (χ1) is 32.3. The summed E-state index contributed by atoms with van der Waals surface area (Å²) < 4.78 is 5.93. The minimum atomic E-state index is -0.916. The third-order valence-electron chi connectivity index (χ3n) is 11.6. The van der Waals surface area contributed by atoms with Crippen LogP contribution in [0.25, 0.3) is 49.9 Å². The molecule has 0 spiro atoms. The molecule has 1 aromatic carbocycles. The summed E-state index contributed by atoms with van der Waals surface area (Å²) in [7, 11) is 0. The molecular formula is C51H59N11O5. The lowest BCUT2D eigenvalue weighted by Gasteiger charge is -2.19. The van der Waals surface area contributed by atoms with Gasteiger partial charge in [-0.3, -0.25) is 19.4 Å². The third kappa shape index (κ3) is 12.8. The second-order valence-electron chi connectivity index (χ2n) is 16.9. The van der Waals surface area contributed by atoms with Gasteiger partial charge >= 0.3 is 5.97 Å². The van der Waals surface area contributed by atoms with Gasteiger partial charge in [-0.2, -0.15) is 0 Å². The zero-order chi connectivity index (χ0) is 47.5. The molecule has 1 atom stereocenters. The molecule has 6 heterocycles. The predicted molar refractivity (Wildman–Crippen MR) is 264 cm³/mol. The number of nitrogens with one attached hydrogen (secondary N) is 6. The van der Waals surface area contributed by atoms with Crippen LogP contribution in [0.2, 0.25) is 0 Å². The molecule has 1 aliphatic heterocycles. The number of carboxylic acids is 1. The fourth-order valence-electron chi connectivity index (χ4n) is 7.83. The Morgan fingerprint density at radius 2 is 1.60 bits per heavy atom. The van der Waals surface area contributed by atoms with E-state index in [-0.39, 0.29) is 50.6 Å². The maximum Gasteiger partial charge on any atom is 0.303 e. The van der Waals surface area contributed by atoms with Crippen LogP contribution in [0.3, 0.4) is 0 Å². The van der Waals surface area contributed by atoms with Crippen molar-refractivity contribution >= 4 is 73.4 Å². The van der Waals surface area contributed by atoms with Crippen molar-refractivity contribution in [3.05, 3.63) is 125 Å². The summed E-state index contributed by atoms with van der Waals surface area (Å²) in [6.45, 7) is 13.6. The first-order valence-electron chi connectivity index (χ1n) is 22.6. The van der Waals surface area contributed by atoms with E-state index in [1.54, 1.807) is 12.5 Å². The minimum absolute atomic E-state index is 0.0127. The minimum Gasteiger partial charge on any atom is -0.492 e. The monoisotopic (exact) mass is 905 g/mol. The topological polar surface area (TPSA) is 242 Å². The van der Waals surface area contributed by atoms with Crippen LogP contribution in [0.4, 0.5) is 5.69 Å². The fraction of sp³-hybridized carbons (Fsp3) is 0.314. The lowest BCUT2D eigenvalue weighted by molar-refractivity contribution is -0.136. The Balaban J connectivity index is 1.06. The first kappa shape index (κ1) is 47.4. The number of fused-ring (bicyclic) bond motifs is 7. The second kappa shape index (κ2) is 22.1. The van der Waals surface area contributed by atoms with Crippen LogP contribution in [0.1, 0.15) is 91.8 Å². The predicted octanol–water partition coefficient (Wildman–Crippen LogP) is 8.07. The molecule has 0 saturated heterocycles. The molecule has 348 valence electrons. The molecule has 5 aromatic heterocycles. The van der Waals surface area contributed by atoms with Gasteiger partial charge in [-0.05, 0) is 154 Å². The number of rotatable bonds is 20. The van der Waals surface area contributed by atoms with E-state index < -0.39 is 12.0 Å². The number of benzene rings is 1. The number of nitrogens with zero attached hydrogens (tertiary/aromatic N) is 4. The highest BCUT2D eigenvalue weighted by atomic mass is 16.5. The number of aliphatic carboxylic acids is 1. The Kier molecular flexibility index (Phi) is 15.6. The van der Waals surface area contributed by atoms with Crippen molar-refractivity contribution in [1.82, 2.24) is 45.5 Å². The number of ether oxygens (including phenoxy) is 1. The lowest BCUT2D eigenvalue weighted by atomic mass is 10.0. The van der Waals surface area contributed by atoms with Crippen LogP contribution in [0.15, 0.2) is 85.8 Å². The number of aryl methyl sites for hydroxylation is 3. The zero-order valence-corrected chi connectivity index (χ0v) is 38.5. The average molecular weight is 906 g/mol. The number of allylic oxidation sites excluding steroid dienone is 3. The van der Waals surface area contributed by atoms with Crippen LogP contribution < -0.4 is 26.4 Å². The van der Waals surface area contributed by atoms with Gasteiger partial charge in [-0.15, -0.1) is 0 Å². The lowest BCUT2D eigenvalue weighted by Crippen LogP contribution is -2.47. The summed E-state index contributed by atoms with van der Waals surface area (Å²) in [5.41, 5.74) is 19.7. The molecule has 2 amide bonds. The van der Waals surface area contributed by atoms with Gasteiger partial charge in [-0.25, -0.2) is 15.0 Å². The van der Waals surface area contributed by atoms with Crippen LogP contribution in [0, 0.1) is 13.8 Å². The van der Waals surface area contributed by atoms with Crippen LogP contribution in [0.5, 0.6) is 5.75 Å². The van der Waals surface area contributed by atoms with Crippen LogP contribution in [-0.4, -0.2) is 83.5 Å². The van der Waals surface area contributed by atoms with Crippen molar-refractivity contribution in [3.63, 3.8) is 0 Å². The molecule has 16 nitrogen and oxygen atoms in total. The maximum atomic E-state index is 13.8. The van der Waals surface area contributed by atoms with E-state index in [2.05, 4.69) is 65.6 Å². The molecule has 7 rings (SSSR count). The number of hydrogen-bond acceptors (Lipinski definition) is 10. The molecule has 0 unspecified atom stereocenters. The Bertz CT molecular complexity index is 2960. The number of carbonyl (C=O) groups excluding carboxylic acids is 2. The normalized spacial score (nSPS) is 12.2. The highest BCUT2D eigenvalue weighted by Gasteiger charge is 2.22. The van der Waals surface area contributed by atoms with E-state index in [0.29, 0.717) is 72.1 Å². The Hall–Kier alpha value is -7.59. The molecule has 0 fully saturated rings. The van der Waals surface area contributed by atoms with Crippen molar-refractivity contribution in [3.8, 4) is 5.75 Å². The van der Waals surface area contributed by atoms with Gasteiger partial charge in [-0.1, -0.05) is 18.7 Å². The quantitative estimate of drug-likeness (QED) is 0.0341. The van der Waals surface area contributed by atoms with Crippen LogP contribution >= 0.6 is 0 Å². The molecule has 0 saturated carbocycles. The SMILES string of the molecule is C=C(C)c1cc2[nH]c(cc2C)cc2[nH]c(cc3nc(cc(CCC(=O)N[C@@H](CCCCN)C(=O)NCCOc4ccc(CNc5cnc6nc[nH]c6c5)cc4)n1)C(CCC(=O)O)=C3C)cc2C. The number of hydrogen-bond donors (Lipinski definition) is 8. The third-order valence-corrected chi connectivity index (χ3v) is 11.6. The van der Waals surface area contributed by atoms with E-state index in [1.165, 1.54) is 0 Å². The second-order valence-corrected chi connectivity index (χ2v) is 16.9. The van der Waals surface area contributed by atoms with Gasteiger partial charge in [0.15, 0.2) is 5.65 Å². The summed E-state index contributed by atoms with van der Waals surface area (Å²) in [5, 5.41) is 18.9. The number of unbranched alkanes of at least 4 members (excludes halogenated alkanes) is 1. The Morgan fingerprint density at radius 1 is 0.851 bits per heavy atom. The smallest absolute Gasteiger partial charge is 0.303 e. The number of aromatic nitrogens is 7. The molecule has 1 aliphatic rings. The maximum absolute atomic E-state index is 13.8. The number of H-pyrrole nitrogens is 3. The van der Waals surface area contributed by atoms with Gasteiger partial charge in [0.2, 0.25) is 11.8 Å². The summed E-state index contributed by atoms with van der Waals surface area (Å²) in [5.74, 6) is -0.896. The van der Waals surface area contributed by atoms with Gasteiger partial charge in [0, 0.05) is 47.1 Å². The van der Waals surface area contributed by atoms with Crippen molar-refractivity contribution in [1.29, 1.82) is 0 Å². The van der Waals surface area contributed by atoms with Crippen molar-refractivity contribution in [2.75, 3.05) is 25.0 Å². The number of imidazole rings is 1. The molecule has 67 heavy (non-hydrogen) atoms. The summed E-state index contributed by atoms with van der Waals surface area (Å²) in [6.07, 6.45) is 5.51. The zero-order valence-electron chi connectivity index (χ0n) is 38.5. The summed E-state index contributed by atoms with van der Waals surface area (Å²) in [4.78, 5) is 67.8. The molecule has 9 N–H and O–H groups in total. The number of anilines is 1. The van der Waals surface area contributed by atoms with Crippen molar-refractivity contribution in [2.45, 2.75) is 85.2 Å². The standard InChI is InChI=1S/C51H59N11O5/c1-30(2)42-26-44-32(4)21-36(60-44)23-43-31(3)20-37(59-43)24-45-33(5)40(14-16-49(64)65)46(61-45)22-35(58-42)11-15-48(63)62-41(8-6-7-17-52)51(66)53-18-19-67-39-12-9-34(10-13-39)27-54-38-25-47-50(55-28-38)57-29-56-47/h9-10,12-13,20-26,28-29,41,54,59-60H,1,6-8,11,14-19,27,52H2,2-5H3,(H,53,66)(H,62,63)(H,64,65)(H,55,56,57)/t41-/m0/s1.